The lowest BCUT2D eigenvalue weighted by molar-refractivity contribution is -0.126. The fourth-order valence-electron chi connectivity index (χ4n) is 5.19. The van der Waals surface area contributed by atoms with E-state index in [2.05, 4.69) is 25.8 Å². The first-order valence-electron chi connectivity index (χ1n) is 13.4. The lowest BCUT2D eigenvalue weighted by Crippen LogP contribution is -2.44. The number of hydrogen-bond acceptors (Lipinski definition) is 7. The van der Waals surface area contributed by atoms with E-state index >= 15 is 0 Å². The Morgan fingerprint density at radius 1 is 0.951 bits per heavy atom. The first kappa shape index (κ1) is 27.7. The standard InChI is InChI=1S/C31H32N6O4/c1-21(38)32-25-15-13-22(14-16-25)18-36-19-26(37-20-27(34-35-37)31(40)41-2)17-28(36)30(39)33-29(23-9-5-3-6-10-23)24-11-7-4-8-12-24/h3-16,20,26,28-29H,17-19H2,1-2H3,(H,32,38)(H,33,39)/t26-,28+/m1/s1. The molecule has 2 amide bonds. The van der Waals surface area contributed by atoms with Crippen LogP contribution in [0.1, 0.15) is 52.6 Å². The monoisotopic (exact) mass is 552 g/mol. The average Bonchev–Trinajstić information content (AvgIpc) is 3.65. The van der Waals surface area contributed by atoms with Gasteiger partial charge in [0.1, 0.15) is 0 Å². The lowest BCUT2D eigenvalue weighted by atomic mass is 9.98. The highest BCUT2D eigenvalue weighted by Crippen LogP contribution is 2.31. The van der Waals surface area contributed by atoms with Gasteiger partial charge in [-0.25, -0.2) is 9.48 Å². The zero-order valence-corrected chi connectivity index (χ0v) is 22.9. The number of carbonyl (C=O) groups is 3. The molecular weight excluding hydrogens is 520 g/mol. The number of nitrogens with zero attached hydrogens (tertiary/aromatic N) is 4. The topological polar surface area (TPSA) is 118 Å². The minimum Gasteiger partial charge on any atom is -0.464 e. The summed E-state index contributed by atoms with van der Waals surface area (Å²) in [6.45, 7) is 2.50. The maximum atomic E-state index is 14.0. The van der Waals surface area contributed by atoms with Crippen molar-refractivity contribution < 1.29 is 19.1 Å². The highest BCUT2D eigenvalue weighted by molar-refractivity contribution is 5.88. The van der Waals surface area contributed by atoms with Gasteiger partial charge in [0.25, 0.3) is 0 Å². The number of nitrogens with one attached hydrogen (secondary N) is 2. The third-order valence-electron chi connectivity index (χ3n) is 7.18. The van der Waals surface area contributed by atoms with Crippen molar-refractivity contribution in [3.05, 3.63) is 114 Å². The van der Waals surface area contributed by atoms with Crippen molar-refractivity contribution in [2.45, 2.75) is 38.0 Å². The number of rotatable bonds is 9. The number of aromatic nitrogens is 3. The normalized spacial score (nSPS) is 16.9. The largest absolute Gasteiger partial charge is 0.464 e. The van der Waals surface area contributed by atoms with E-state index in [0.29, 0.717) is 25.2 Å². The van der Waals surface area contributed by atoms with Crippen LogP contribution in [0.5, 0.6) is 0 Å². The van der Waals surface area contributed by atoms with E-state index < -0.39 is 12.0 Å². The van der Waals surface area contributed by atoms with Crippen LogP contribution in [0.4, 0.5) is 5.69 Å². The van der Waals surface area contributed by atoms with Gasteiger partial charge in [0.05, 0.1) is 31.4 Å². The number of esters is 1. The Kier molecular flexibility index (Phi) is 8.50. The molecule has 4 aromatic rings. The molecule has 0 bridgehead atoms. The Morgan fingerprint density at radius 2 is 1.59 bits per heavy atom. The molecule has 0 saturated carbocycles. The first-order chi connectivity index (χ1) is 19.9. The number of anilines is 1. The molecule has 1 saturated heterocycles. The van der Waals surface area contributed by atoms with Crippen LogP contribution in [0.25, 0.3) is 0 Å². The van der Waals surface area contributed by atoms with Gasteiger partial charge in [0, 0.05) is 25.7 Å². The van der Waals surface area contributed by atoms with Crippen LogP contribution in [0, 0.1) is 0 Å². The summed E-state index contributed by atoms with van der Waals surface area (Å²) in [6.07, 6.45) is 2.05. The molecule has 1 aliphatic rings. The Labute approximate surface area is 238 Å². The second kappa shape index (κ2) is 12.6. The molecule has 3 aromatic carbocycles. The predicted molar refractivity (Wildman–Crippen MR) is 153 cm³/mol. The zero-order chi connectivity index (χ0) is 28.8. The van der Waals surface area contributed by atoms with Crippen LogP contribution in [-0.4, -0.2) is 57.4 Å². The lowest BCUT2D eigenvalue weighted by Gasteiger charge is -2.27. The van der Waals surface area contributed by atoms with Crippen molar-refractivity contribution in [1.82, 2.24) is 25.2 Å². The van der Waals surface area contributed by atoms with E-state index in [4.69, 9.17) is 4.74 Å². The molecule has 0 radical (unpaired) electrons. The molecule has 0 spiro atoms. The van der Waals surface area contributed by atoms with Gasteiger partial charge >= 0.3 is 5.97 Å². The molecular formula is C31H32N6O4. The number of carbonyl (C=O) groups excluding carboxylic acids is 3. The number of ether oxygens (including phenoxy) is 1. The summed E-state index contributed by atoms with van der Waals surface area (Å²) < 4.78 is 6.41. The molecule has 0 unspecified atom stereocenters. The van der Waals surface area contributed by atoms with E-state index in [-0.39, 0.29) is 29.6 Å². The Morgan fingerprint density at radius 3 is 2.17 bits per heavy atom. The molecule has 1 aliphatic heterocycles. The second-order valence-electron chi connectivity index (χ2n) is 10.1. The maximum absolute atomic E-state index is 14.0. The molecule has 10 heteroatoms. The van der Waals surface area contributed by atoms with E-state index in [1.54, 1.807) is 10.9 Å². The molecule has 5 rings (SSSR count). The number of hydrogen-bond donors (Lipinski definition) is 2. The van der Waals surface area contributed by atoms with Crippen molar-refractivity contribution in [3.8, 4) is 0 Å². The Balaban J connectivity index is 1.40. The van der Waals surface area contributed by atoms with Gasteiger partial charge in [-0.05, 0) is 35.2 Å². The molecule has 2 N–H and O–H groups in total. The Hall–Kier alpha value is -4.83. The van der Waals surface area contributed by atoms with Crippen LogP contribution < -0.4 is 10.6 Å². The van der Waals surface area contributed by atoms with E-state index in [9.17, 15) is 14.4 Å². The molecule has 10 nitrogen and oxygen atoms in total. The first-order valence-corrected chi connectivity index (χ1v) is 13.4. The highest BCUT2D eigenvalue weighted by atomic mass is 16.5. The van der Waals surface area contributed by atoms with E-state index in [1.807, 2.05) is 84.9 Å². The minimum atomic E-state index is -0.562. The van der Waals surface area contributed by atoms with Crippen molar-refractivity contribution in [1.29, 1.82) is 0 Å². The third kappa shape index (κ3) is 6.67. The third-order valence-corrected chi connectivity index (χ3v) is 7.18. The van der Waals surface area contributed by atoms with Gasteiger partial charge < -0.3 is 15.4 Å². The minimum absolute atomic E-state index is 0.103. The van der Waals surface area contributed by atoms with E-state index in [1.165, 1.54) is 14.0 Å². The number of likely N-dealkylation sites (tertiary alicyclic amines) is 1. The van der Waals surface area contributed by atoms with Crippen molar-refractivity contribution >= 4 is 23.5 Å². The van der Waals surface area contributed by atoms with E-state index in [0.717, 1.165) is 16.7 Å². The van der Waals surface area contributed by atoms with Crippen LogP contribution in [-0.2, 0) is 20.9 Å². The van der Waals surface area contributed by atoms with Crippen molar-refractivity contribution in [2.75, 3.05) is 19.0 Å². The zero-order valence-electron chi connectivity index (χ0n) is 22.9. The summed E-state index contributed by atoms with van der Waals surface area (Å²) in [6, 6.07) is 26.4. The molecule has 1 aromatic heterocycles. The summed E-state index contributed by atoms with van der Waals surface area (Å²) in [4.78, 5) is 39.5. The Bertz CT molecular complexity index is 1450. The van der Waals surface area contributed by atoms with Gasteiger partial charge in [-0.2, -0.15) is 0 Å². The van der Waals surface area contributed by atoms with Gasteiger partial charge in [-0.15, -0.1) is 5.10 Å². The summed E-state index contributed by atoms with van der Waals surface area (Å²) in [7, 11) is 1.30. The van der Waals surface area contributed by atoms with Crippen molar-refractivity contribution in [2.24, 2.45) is 0 Å². The summed E-state index contributed by atoms with van der Waals surface area (Å²) >= 11 is 0. The number of amides is 2. The van der Waals surface area contributed by atoms with Crippen LogP contribution in [0.3, 0.4) is 0 Å². The highest BCUT2D eigenvalue weighted by Gasteiger charge is 2.39. The average molecular weight is 553 g/mol. The summed E-state index contributed by atoms with van der Waals surface area (Å²) in [5.41, 5.74) is 3.80. The van der Waals surface area contributed by atoms with Gasteiger partial charge in [0.2, 0.25) is 11.8 Å². The molecule has 0 aliphatic carbocycles. The van der Waals surface area contributed by atoms with Crippen LogP contribution >= 0.6 is 0 Å². The van der Waals surface area contributed by atoms with Crippen LogP contribution in [0.15, 0.2) is 91.1 Å². The summed E-state index contributed by atoms with van der Waals surface area (Å²) in [5, 5.41) is 14.2. The SMILES string of the molecule is COC(=O)c1cn([C@@H]2C[C@@H](C(=O)NC(c3ccccc3)c3ccccc3)N(Cc3ccc(NC(C)=O)cc3)C2)nn1. The molecule has 1 fully saturated rings. The number of benzene rings is 3. The molecule has 2 heterocycles. The smallest absolute Gasteiger partial charge is 0.360 e. The van der Waals surface area contributed by atoms with Gasteiger partial charge in [0.15, 0.2) is 5.69 Å². The maximum Gasteiger partial charge on any atom is 0.360 e. The van der Waals surface area contributed by atoms with Gasteiger partial charge in [-0.1, -0.05) is 78.0 Å². The van der Waals surface area contributed by atoms with Crippen LogP contribution in [0.2, 0.25) is 0 Å². The quantitative estimate of drug-likeness (QED) is 0.304. The number of methoxy groups -OCH3 is 1. The molecule has 41 heavy (non-hydrogen) atoms. The molecule has 210 valence electrons. The van der Waals surface area contributed by atoms with Gasteiger partial charge in [-0.3, -0.25) is 14.5 Å². The predicted octanol–water partition coefficient (Wildman–Crippen LogP) is 3.74. The fraction of sp³-hybridized carbons (Fsp3) is 0.258. The summed E-state index contributed by atoms with van der Waals surface area (Å²) in [5.74, 6) is -0.802. The van der Waals surface area contributed by atoms with Crippen molar-refractivity contribution in [3.63, 3.8) is 0 Å². The fourth-order valence-corrected chi connectivity index (χ4v) is 5.19. The molecule has 2 atom stereocenters. The second-order valence-corrected chi connectivity index (χ2v) is 10.1.